The average Bonchev–Trinajstić information content (AvgIpc) is 2.60. The Morgan fingerprint density at radius 1 is 1.53 bits per heavy atom. The highest BCUT2D eigenvalue weighted by atomic mass is 16.3. The van der Waals surface area contributed by atoms with Crippen LogP contribution in [0.5, 0.6) is 0 Å². The fourth-order valence-electron chi connectivity index (χ4n) is 1.09. The summed E-state index contributed by atoms with van der Waals surface area (Å²) in [6.07, 6.45) is 1.47. The predicted molar refractivity (Wildman–Crippen MR) is 55.2 cm³/mol. The molecule has 0 atom stereocenters. The van der Waals surface area contributed by atoms with Crippen LogP contribution in [-0.4, -0.2) is 24.8 Å². The molecule has 0 saturated carbocycles. The molecule has 4 nitrogen and oxygen atoms in total. The Hall–Kier alpha value is -2.02. The monoisotopic (exact) mass is 204 g/mol. The van der Waals surface area contributed by atoms with E-state index in [1.54, 1.807) is 38.1 Å². The molecule has 1 rings (SSSR count). The van der Waals surface area contributed by atoms with E-state index in [9.17, 15) is 4.79 Å². The first-order valence-electron chi connectivity index (χ1n) is 4.44. The fourth-order valence-corrected chi connectivity index (χ4v) is 1.09. The molecule has 0 N–H and O–H groups in total. The zero-order chi connectivity index (χ0) is 11.4. The summed E-state index contributed by atoms with van der Waals surface area (Å²) < 4.78 is 5.15. The van der Waals surface area contributed by atoms with Gasteiger partial charge in [0, 0.05) is 20.3 Å². The lowest BCUT2D eigenvalue weighted by molar-refractivity contribution is 0.101. The highest BCUT2D eigenvalue weighted by molar-refractivity contribution is 6.09. The first kappa shape index (κ1) is 11.1. The number of furan rings is 1. The number of nitrogens with zero attached hydrogens (tertiary/aromatic N) is 2. The minimum absolute atomic E-state index is 0.0642. The van der Waals surface area contributed by atoms with Gasteiger partial charge in [-0.15, -0.1) is 0 Å². The van der Waals surface area contributed by atoms with Gasteiger partial charge in [0.25, 0.3) is 0 Å². The molecule has 4 heteroatoms. The van der Waals surface area contributed by atoms with Gasteiger partial charge in [0.15, 0.2) is 5.76 Å². The Bertz CT molecular complexity index is 436. The molecule has 1 aromatic heterocycles. The van der Waals surface area contributed by atoms with E-state index in [1.807, 2.05) is 6.07 Å². The molecule has 0 aromatic carbocycles. The maximum atomic E-state index is 11.7. The summed E-state index contributed by atoms with van der Waals surface area (Å²) >= 11 is 0. The highest BCUT2D eigenvalue weighted by Gasteiger charge is 2.15. The Kier molecular flexibility index (Phi) is 3.29. The Morgan fingerprint density at radius 2 is 2.20 bits per heavy atom. The first-order chi connectivity index (χ1) is 7.04. The van der Waals surface area contributed by atoms with Gasteiger partial charge in [-0.1, -0.05) is 0 Å². The van der Waals surface area contributed by atoms with Crippen LogP contribution in [0.3, 0.4) is 0 Å². The lowest BCUT2D eigenvalue weighted by Gasteiger charge is -2.04. The third kappa shape index (κ3) is 2.71. The summed E-state index contributed by atoms with van der Waals surface area (Å²) in [4.78, 5) is 13.4. The topological polar surface area (TPSA) is 57.2 Å². The number of rotatable bonds is 3. The number of nitriles is 1. The van der Waals surface area contributed by atoms with Gasteiger partial charge in [-0.3, -0.25) is 4.79 Å². The van der Waals surface area contributed by atoms with E-state index < -0.39 is 0 Å². The number of ketones is 1. The third-order valence-electron chi connectivity index (χ3n) is 1.72. The van der Waals surface area contributed by atoms with E-state index in [2.05, 4.69) is 0 Å². The summed E-state index contributed by atoms with van der Waals surface area (Å²) in [5.74, 6) is 0.460. The van der Waals surface area contributed by atoms with Crippen molar-refractivity contribution in [3.05, 3.63) is 35.4 Å². The van der Waals surface area contributed by atoms with Crippen LogP contribution in [0.2, 0.25) is 0 Å². The number of allylic oxidation sites excluding steroid dienone is 1. The van der Waals surface area contributed by atoms with Crippen molar-refractivity contribution >= 4 is 5.78 Å². The van der Waals surface area contributed by atoms with Crippen molar-refractivity contribution in [3.63, 3.8) is 0 Å². The number of aryl methyl sites for hydroxylation is 1. The molecule has 1 aromatic rings. The average molecular weight is 204 g/mol. The zero-order valence-corrected chi connectivity index (χ0v) is 8.94. The lowest BCUT2D eigenvalue weighted by Crippen LogP contribution is -2.08. The summed E-state index contributed by atoms with van der Waals surface area (Å²) in [5.41, 5.74) is 0.0642. The second-order valence-electron chi connectivity index (χ2n) is 3.36. The minimum Gasteiger partial charge on any atom is -0.458 e. The number of carbonyl (C=O) groups is 1. The van der Waals surface area contributed by atoms with Crippen LogP contribution < -0.4 is 0 Å². The number of Topliss-reactive ketones (excluding diaryl/α,β-unsaturated/α-hetero) is 1. The summed E-state index contributed by atoms with van der Waals surface area (Å²) in [6.45, 7) is 1.75. The van der Waals surface area contributed by atoms with E-state index in [0.717, 1.165) is 0 Å². The van der Waals surface area contributed by atoms with Crippen molar-refractivity contribution in [2.75, 3.05) is 14.1 Å². The lowest BCUT2D eigenvalue weighted by atomic mass is 10.1. The van der Waals surface area contributed by atoms with E-state index in [4.69, 9.17) is 9.68 Å². The molecule has 0 aliphatic carbocycles. The van der Waals surface area contributed by atoms with Crippen LogP contribution in [0, 0.1) is 18.3 Å². The maximum Gasteiger partial charge on any atom is 0.240 e. The van der Waals surface area contributed by atoms with Gasteiger partial charge >= 0.3 is 0 Å². The largest absolute Gasteiger partial charge is 0.458 e. The van der Waals surface area contributed by atoms with Crippen LogP contribution in [0.25, 0.3) is 0 Å². The third-order valence-corrected chi connectivity index (χ3v) is 1.72. The maximum absolute atomic E-state index is 11.7. The summed E-state index contributed by atoms with van der Waals surface area (Å²) in [6, 6.07) is 5.11. The predicted octanol–water partition coefficient (Wildman–Crippen LogP) is 1.74. The molecule has 0 saturated heterocycles. The minimum atomic E-state index is -0.390. The van der Waals surface area contributed by atoms with Crippen molar-refractivity contribution in [3.8, 4) is 6.07 Å². The zero-order valence-electron chi connectivity index (χ0n) is 8.94. The van der Waals surface area contributed by atoms with Gasteiger partial charge in [-0.05, 0) is 19.1 Å². The van der Waals surface area contributed by atoms with Crippen molar-refractivity contribution in [2.45, 2.75) is 6.92 Å². The Balaban J connectivity index is 2.99. The molecule has 78 valence electrons. The van der Waals surface area contributed by atoms with Crippen LogP contribution in [0.1, 0.15) is 16.3 Å². The van der Waals surface area contributed by atoms with E-state index >= 15 is 0 Å². The van der Waals surface area contributed by atoms with E-state index in [1.165, 1.54) is 6.20 Å². The number of carbonyl (C=O) groups excluding carboxylic acids is 1. The Labute approximate surface area is 88.4 Å². The van der Waals surface area contributed by atoms with Crippen molar-refractivity contribution < 1.29 is 9.21 Å². The number of hydrogen-bond donors (Lipinski definition) is 0. The summed E-state index contributed by atoms with van der Waals surface area (Å²) in [7, 11) is 3.50. The standard InChI is InChI=1S/C11H12N2O2/c1-8-4-5-10(15-8)11(14)9(6-12)7-13(2)3/h4-5,7H,1-3H3. The SMILES string of the molecule is Cc1ccc(C(=O)C(C#N)=CN(C)C)o1. The van der Waals surface area contributed by atoms with Crippen LogP contribution in [-0.2, 0) is 0 Å². The molecule has 0 unspecified atom stereocenters. The second kappa shape index (κ2) is 4.47. The van der Waals surface area contributed by atoms with Gasteiger partial charge in [0.2, 0.25) is 5.78 Å². The van der Waals surface area contributed by atoms with Crippen LogP contribution in [0.4, 0.5) is 0 Å². The molecular formula is C11H12N2O2. The summed E-state index contributed by atoms with van der Waals surface area (Å²) in [5, 5.41) is 8.81. The number of hydrogen-bond acceptors (Lipinski definition) is 4. The van der Waals surface area contributed by atoms with Crippen LogP contribution in [0.15, 0.2) is 28.3 Å². The van der Waals surface area contributed by atoms with E-state index in [0.29, 0.717) is 5.76 Å². The van der Waals surface area contributed by atoms with Crippen molar-refractivity contribution in [2.24, 2.45) is 0 Å². The van der Waals surface area contributed by atoms with Gasteiger partial charge in [0.1, 0.15) is 17.4 Å². The molecule has 0 bridgehead atoms. The van der Waals surface area contributed by atoms with E-state index in [-0.39, 0.29) is 17.1 Å². The second-order valence-corrected chi connectivity index (χ2v) is 3.36. The molecular weight excluding hydrogens is 192 g/mol. The Morgan fingerprint density at radius 3 is 2.60 bits per heavy atom. The molecule has 0 amide bonds. The first-order valence-corrected chi connectivity index (χ1v) is 4.44. The molecule has 0 spiro atoms. The molecule has 15 heavy (non-hydrogen) atoms. The molecule has 0 aliphatic heterocycles. The van der Waals surface area contributed by atoms with Gasteiger partial charge in [-0.25, -0.2) is 0 Å². The van der Waals surface area contributed by atoms with Crippen molar-refractivity contribution in [1.82, 2.24) is 4.90 Å². The quantitative estimate of drug-likeness (QED) is 0.427. The normalized spacial score (nSPS) is 10.9. The van der Waals surface area contributed by atoms with Gasteiger partial charge < -0.3 is 9.32 Å². The molecule has 0 radical (unpaired) electrons. The van der Waals surface area contributed by atoms with Crippen molar-refractivity contribution in [1.29, 1.82) is 5.26 Å². The molecule has 0 aliphatic rings. The van der Waals surface area contributed by atoms with Gasteiger partial charge in [-0.2, -0.15) is 5.26 Å². The highest BCUT2D eigenvalue weighted by Crippen LogP contribution is 2.11. The smallest absolute Gasteiger partial charge is 0.240 e. The van der Waals surface area contributed by atoms with Gasteiger partial charge in [0.05, 0.1) is 0 Å². The molecule has 0 fully saturated rings. The van der Waals surface area contributed by atoms with Crippen LogP contribution >= 0.6 is 0 Å². The molecule has 1 heterocycles. The fraction of sp³-hybridized carbons (Fsp3) is 0.273.